The maximum Gasteiger partial charge on any atom is 0.341 e. The Balaban J connectivity index is 1.99. The minimum atomic E-state index is -0.704. The summed E-state index contributed by atoms with van der Waals surface area (Å²) in [6.07, 6.45) is 0. The molecule has 2 amide bonds. The Morgan fingerprint density at radius 2 is 1.77 bits per heavy atom. The van der Waals surface area contributed by atoms with Gasteiger partial charge in [-0.2, -0.15) is 0 Å². The lowest BCUT2D eigenvalue weighted by Crippen LogP contribution is -2.15. The Labute approximate surface area is 210 Å². The number of carbonyl (C=O) groups is 3. The molecule has 0 fully saturated rings. The minimum absolute atomic E-state index is 0.0312. The van der Waals surface area contributed by atoms with Crippen molar-refractivity contribution in [2.75, 3.05) is 17.2 Å². The molecular weight excluding hydrogens is 494 g/mol. The molecule has 3 rings (SSSR count). The Kier molecular flexibility index (Phi) is 7.88. The lowest BCUT2D eigenvalue weighted by molar-refractivity contribution is -0.385. The molecule has 2 aromatic carbocycles. The van der Waals surface area contributed by atoms with E-state index < -0.39 is 22.7 Å². The highest BCUT2D eigenvalue weighted by molar-refractivity contribution is 7.19. The first-order valence-electron chi connectivity index (χ1n) is 10.5. The number of thiophene rings is 1. The molecule has 9 nitrogen and oxygen atoms in total. The molecule has 0 radical (unpaired) electrons. The second kappa shape index (κ2) is 10.7. The number of amides is 2. The number of nitrogens with zero attached hydrogens (tertiary/aromatic N) is 1. The second-order valence-electron chi connectivity index (χ2n) is 7.56. The van der Waals surface area contributed by atoms with Crippen molar-refractivity contribution >= 4 is 57.1 Å². The van der Waals surface area contributed by atoms with E-state index in [1.165, 1.54) is 12.1 Å². The largest absolute Gasteiger partial charge is 0.462 e. The fourth-order valence-electron chi connectivity index (χ4n) is 3.31. The predicted molar refractivity (Wildman–Crippen MR) is 135 cm³/mol. The summed E-state index contributed by atoms with van der Waals surface area (Å²) in [6, 6.07) is 9.16. The smallest absolute Gasteiger partial charge is 0.341 e. The van der Waals surface area contributed by atoms with Crippen LogP contribution in [0.1, 0.15) is 54.0 Å². The van der Waals surface area contributed by atoms with E-state index in [0.717, 1.165) is 17.4 Å². The van der Waals surface area contributed by atoms with E-state index in [0.29, 0.717) is 27.4 Å². The van der Waals surface area contributed by atoms with Gasteiger partial charge in [-0.15, -0.1) is 11.3 Å². The van der Waals surface area contributed by atoms with E-state index in [-0.39, 0.29) is 33.3 Å². The summed E-state index contributed by atoms with van der Waals surface area (Å²) in [7, 11) is 0. The Morgan fingerprint density at radius 3 is 2.43 bits per heavy atom. The normalized spacial score (nSPS) is 10.5. The molecule has 0 bridgehead atoms. The van der Waals surface area contributed by atoms with Gasteiger partial charge in [-0.25, -0.2) is 4.79 Å². The molecule has 1 aromatic heterocycles. The van der Waals surface area contributed by atoms with Crippen molar-refractivity contribution in [1.82, 2.24) is 0 Å². The van der Waals surface area contributed by atoms with Gasteiger partial charge in [0.1, 0.15) is 5.00 Å². The summed E-state index contributed by atoms with van der Waals surface area (Å²) >= 11 is 7.04. The molecule has 182 valence electrons. The van der Waals surface area contributed by atoms with Gasteiger partial charge in [0.05, 0.1) is 22.0 Å². The van der Waals surface area contributed by atoms with Crippen LogP contribution in [0.4, 0.5) is 16.4 Å². The quantitative estimate of drug-likeness (QED) is 0.228. The number of halogens is 1. The van der Waals surface area contributed by atoms with Gasteiger partial charge < -0.3 is 15.4 Å². The third-order valence-electron chi connectivity index (χ3n) is 5.24. The topological polar surface area (TPSA) is 128 Å². The molecule has 3 aromatic rings. The monoisotopic (exact) mass is 515 g/mol. The highest BCUT2D eigenvalue weighted by Crippen LogP contribution is 2.35. The molecule has 0 aliphatic rings. The van der Waals surface area contributed by atoms with Crippen LogP contribution in [0.5, 0.6) is 0 Å². The Hall–Kier alpha value is -3.76. The number of carbonyl (C=O) groups excluding carboxylic acids is 3. The number of hydrogen-bond acceptors (Lipinski definition) is 7. The molecule has 11 heteroatoms. The van der Waals surface area contributed by atoms with Gasteiger partial charge >= 0.3 is 5.97 Å². The lowest BCUT2D eigenvalue weighted by atomic mass is 10.1. The highest BCUT2D eigenvalue weighted by atomic mass is 35.5. The summed E-state index contributed by atoms with van der Waals surface area (Å²) in [6.45, 7) is 6.63. The van der Waals surface area contributed by atoms with Crippen molar-refractivity contribution in [3.8, 4) is 0 Å². The van der Waals surface area contributed by atoms with Crippen molar-refractivity contribution in [1.29, 1.82) is 0 Å². The first-order chi connectivity index (χ1) is 16.5. The van der Waals surface area contributed by atoms with Crippen molar-refractivity contribution in [2.45, 2.75) is 27.7 Å². The fourth-order valence-corrected chi connectivity index (χ4v) is 4.57. The standard InChI is InChI=1S/C24H22ClN3O6S/c1-5-34-24(31)19-14(4)20(22(30)26-17-8-6-7-16(25)13(17)3)35-23(19)27-21(29)15-10-9-12(2)18(11-15)28(32)33/h6-11H,5H2,1-4H3,(H,26,30)(H,27,29). The minimum Gasteiger partial charge on any atom is -0.462 e. The van der Waals surface area contributed by atoms with Gasteiger partial charge in [0.25, 0.3) is 17.5 Å². The molecule has 0 saturated heterocycles. The predicted octanol–water partition coefficient (Wildman–Crippen LogP) is 5.92. The van der Waals surface area contributed by atoms with Crippen LogP contribution >= 0.6 is 22.9 Å². The van der Waals surface area contributed by atoms with Crippen LogP contribution < -0.4 is 10.6 Å². The van der Waals surface area contributed by atoms with Crippen LogP contribution in [0.2, 0.25) is 5.02 Å². The number of aryl methyl sites for hydroxylation is 1. The average Bonchev–Trinajstić information content (AvgIpc) is 3.12. The SMILES string of the molecule is CCOC(=O)c1c(NC(=O)c2ccc(C)c([N+](=O)[O-])c2)sc(C(=O)Nc2cccc(Cl)c2C)c1C. The molecule has 0 unspecified atom stereocenters. The maximum absolute atomic E-state index is 13.1. The average molecular weight is 516 g/mol. The van der Waals surface area contributed by atoms with E-state index in [4.69, 9.17) is 16.3 Å². The molecule has 0 aliphatic carbocycles. The lowest BCUT2D eigenvalue weighted by Gasteiger charge is -2.09. The summed E-state index contributed by atoms with van der Waals surface area (Å²) in [4.78, 5) is 49.5. The number of nitro benzene ring substituents is 1. The molecular formula is C24H22ClN3O6S. The summed E-state index contributed by atoms with van der Waals surface area (Å²) < 4.78 is 5.13. The van der Waals surface area contributed by atoms with Gasteiger partial charge in [-0.05, 0) is 57.0 Å². The van der Waals surface area contributed by atoms with Gasteiger partial charge in [-0.1, -0.05) is 23.7 Å². The number of benzene rings is 2. The molecule has 0 aliphatic heterocycles. The second-order valence-corrected chi connectivity index (χ2v) is 8.99. The summed E-state index contributed by atoms with van der Waals surface area (Å²) in [5, 5.41) is 17.2. The van der Waals surface area contributed by atoms with Gasteiger partial charge in [0, 0.05) is 27.9 Å². The van der Waals surface area contributed by atoms with Crippen LogP contribution in [0.15, 0.2) is 36.4 Å². The molecule has 0 saturated carbocycles. The molecule has 1 heterocycles. The van der Waals surface area contributed by atoms with E-state index in [2.05, 4.69) is 10.6 Å². The number of esters is 1. The zero-order chi connectivity index (χ0) is 25.9. The highest BCUT2D eigenvalue weighted by Gasteiger charge is 2.27. The van der Waals surface area contributed by atoms with Crippen LogP contribution in [-0.4, -0.2) is 29.3 Å². The fraction of sp³-hybridized carbons (Fsp3) is 0.208. The third-order valence-corrected chi connectivity index (χ3v) is 6.86. The summed E-state index contributed by atoms with van der Waals surface area (Å²) in [5.74, 6) is -1.86. The Morgan fingerprint density at radius 1 is 1.06 bits per heavy atom. The molecule has 35 heavy (non-hydrogen) atoms. The van der Waals surface area contributed by atoms with Gasteiger partial charge in [-0.3, -0.25) is 19.7 Å². The van der Waals surface area contributed by atoms with Crippen LogP contribution in [0, 0.1) is 30.9 Å². The molecule has 0 spiro atoms. The number of hydrogen-bond donors (Lipinski definition) is 2. The Bertz CT molecular complexity index is 1350. The van der Waals surface area contributed by atoms with Crippen molar-refractivity contribution in [3.63, 3.8) is 0 Å². The van der Waals surface area contributed by atoms with Crippen LogP contribution in [0.25, 0.3) is 0 Å². The maximum atomic E-state index is 13.1. The number of anilines is 2. The van der Waals surface area contributed by atoms with E-state index in [1.54, 1.807) is 45.9 Å². The first-order valence-corrected chi connectivity index (χ1v) is 11.7. The first kappa shape index (κ1) is 25.9. The van der Waals surface area contributed by atoms with E-state index in [9.17, 15) is 24.5 Å². The van der Waals surface area contributed by atoms with Crippen molar-refractivity contribution in [2.24, 2.45) is 0 Å². The van der Waals surface area contributed by atoms with Crippen molar-refractivity contribution in [3.05, 3.63) is 84.2 Å². The van der Waals surface area contributed by atoms with E-state index in [1.807, 2.05) is 0 Å². The van der Waals surface area contributed by atoms with Gasteiger partial charge in [0.15, 0.2) is 0 Å². The zero-order valence-electron chi connectivity index (χ0n) is 19.4. The van der Waals surface area contributed by atoms with Crippen LogP contribution in [-0.2, 0) is 4.74 Å². The number of nitrogens with one attached hydrogen (secondary N) is 2. The van der Waals surface area contributed by atoms with Gasteiger partial charge in [0.2, 0.25) is 0 Å². The zero-order valence-corrected chi connectivity index (χ0v) is 20.9. The van der Waals surface area contributed by atoms with Crippen LogP contribution in [0.3, 0.4) is 0 Å². The molecule has 0 atom stereocenters. The third kappa shape index (κ3) is 5.50. The van der Waals surface area contributed by atoms with E-state index >= 15 is 0 Å². The molecule has 2 N–H and O–H groups in total. The number of nitro groups is 1. The number of ether oxygens (including phenoxy) is 1. The number of rotatable bonds is 7. The summed E-state index contributed by atoms with van der Waals surface area (Å²) in [5.41, 5.74) is 1.78. The van der Waals surface area contributed by atoms with Crippen molar-refractivity contribution < 1.29 is 24.0 Å².